The van der Waals surface area contributed by atoms with Gasteiger partial charge in [-0.2, -0.15) is 9.61 Å². The van der Waals surface area contributed by atoms with Crippen LogP contribution in [0.5, 0.6) is 0 Å². The van der Waals surface area contributed by atoms with Gasteiger partial charge in [-0.3, -0.25) is 4.90 Å². The molecule has 0 amide bonds. The Morgan fingerprint density at radius 3 is 2.88 bits per heavy atom. The highest BCUT2D eigenvalue weighted by Crippen LogP contribution is 2.32. The Morgan fingerprint density at radius 2 is 2.12 bits per heavy atom. The molecule has 1 aliphatic rings. The summed E-state index contributed by atoms with van der Waals surface area (Å²) in [4.78, 5) is 8.44. The number of hydrogen-bond acceptors (Lipinski definition) is 6. The number of nitrogens with one attached hydrogen (secondary N) is 1. The summed E-state index contributed by atoms with van der Waals surface area (Å²) in [5, 5.41) is 10.4. The van der Waals surface area contributed by atoms with Crippen LogP contribution in [0.15, 0.2) is 23.6 Å². The van der Waals surface area contributed by atoms with Crippen LogP contribution in [-0.4, -0.2) is 58.9 Å². The third-order valence-electron chi connectivity index (χ3n) is 4.72. The van der Waals surface area contributed by atoms with Crippen LogP contribution in [-0.2, 0) is 4.74 Å². The van der Waals surface area contributed by atoms with Gasteiger partial charge in [-0.15, -0.1) is 11.3 Å². The topological polar surface area (TPSA) is 54.7 Å². The lowest BCUT2D eigenvalue weighted by atomic mass is 10.2. The summed E-state index contributed by atoms with van der Waals surface area (Å²) < 4.78 is 7.36. The molecule has 1 N–H and O–H groups in total. The van der Waals surface area contributed by atoms with Crippen LogP contribution < -0.4 is 5.32 Å². The Labute approximate surface area is 157 Å². The summed E-state index contributed by atoms with van der Waals surface area (Å²) in [5.74, 6) is 1.01. The number of nitrogens with zero attached hydrogens (tertiary/aromatic N) is 4. The number of anilines is 1. The molecule has 0 saturated carbocycles. The van der Waals surface area contributed by atoms with Crippen molar-refractivity contribution in [3.05, 3.63) is 35.0 Å². The lowest BCUT2D eigenvalue weighted by molar-refractivity contribution is 0.0378. The van der Waals surface area contributed by atoms with E-state index in [1.165, 1.54) is 4.88 Å². The van der Waals surface area contributed by atoms with Gasteiger partial charge >= 0.3 is 0 Å². The van der Waals surface area contributed by atoms with E-state index in [1.54, 1.807) is 11.3 Å². The molecule has 0 radical (unpaired) electrons. The molecule has 0 aromatic carbocycles. The number of aromatic nitrogens is 3. The molecule has 3 aromatic rings. The van der Waals surface area contributed by atoms with Crippen molar-refractivity contribution in [2.75, 3.05) is 44.7 Å². The van der Waals surface area contributed by atoms with Gasteiger partial charge < -0.3 is 10.1 Å². The zero-order chi connectivity index (χ0) is 17.9. The van der Waals surface area contributed by atoms with Crippen LogP contribution in [0.4, 0.5) is 5.82 Å². The minimum absolute atomic E-state index is 0.857. The normalized spacial score (nSPS) is 15.6. The fourth-order valence-electron chi connectivity index (χ4n) is 3.42. The van der Waals surface area contributed by atoms with Crippen molar-refractivity contribution in [1.29, 1.82) is 0 Å². The number of aryl methyl sites for hydroxylation is 2. The van der Waals surface area contributed by atoms with Gasteiger partial charge in [0.2, 0.25) is 0 Å². The molecule has 0 bridgehead atoms. The second kappa shape index (κ2) is 7.73. The summed E-state index contributed by atoms with van der Waals surface area (Å²) in [6.45, 7) is 9.92. The first-order valence-electron chi connectivity index (χ1n) is 9.17. The average Bonchev–Trinajstić information content (AvgIpc) is 3.26. The molecule has 1 aliphatic heterocycles. The number of morpholine rings is 1. The number of rotatable bonds is 6. The van der Waals surface area contributed by atoms with Crippen LogP contribution >= 0.6 is 11.3 Å². The largest absolute Gasteiger partial charge is 0.379 e. The van der Waals surface area contributed by atoms with Crippen molar-refractivity contribution >= 4 is 22.8 Å². The summed E-state index contributed by atoms with van der Waals surface area (Å²) in [6, 6.07) is 6.28. The van der Waals surface area contributed by atoms with E-state index < -0.39 is 0 Å². The molecule has 0 unspecified atom stereocenters. The van der Waals surface area contributed by atoms with Crippen molar-refractivity contribution < 1.29 is 4.74 Å². The highest BCUT2D eigenvalue weighted by atomic mass is 32.1. The zero-order valence-corrected chi connectivity index (χ0v) is 16.2. The van der Waals surface area contributed by atoms with Crippen molar-refractivity contribution in [3.8, 4) is 10.4 Å². The van der Waals surface area contributed by atoms with Gasteiger partial charge in [0, 0.05) is 36.3 Å². The predicted molar refractivity (Wildman–Crippen MR) is 106 cm³/mol. The van der Waals surface area contributed by atoms with Crippen molar-refractivity contribution in [2.45, 2.75) is 20.3 Å². The molecule has 1 saturated heterocycles. The molecule has 26 heavy (non-hydrogen) atoms. The molecule has 6 nitrogen and oxygen atoms in total. The summed E-state index contributed by atoms with van der Waals surface area (Å²) in [7, 11) is 0. The van der Waals surface area contributed by atoms with Gasteiger partial charge in [-0.05, 0) is 38.3 Å². The summed E-state index contributed by atoms with van der Waals surface area (Å²) in [5.41, 5.74) is 4.09. The highest BCUT2D eigenvalue weighted by Gasteiger charge is 2.16. The summed E-state index contributed by atoms with van der Waals surface area (Å²) >= 11 is 1.73. The first kappa shape index (κ1) is 17.5. The third-order valence-corrected chi connectivity index (χ3v) is 5.61. The van der Waals surface area contributed by atoms with E-state index in [2.05, 4.69) is 40.7 Å². The monoisotopic (exact) mass is 371 g/mol. The second-order valence-electron chi connectivity index (χ2n) is 6.69. The van der Waals surface area contributed by atoms with Crippen molar-refractivity contribution in [2.24, 2.45) is 0 Å². The first-order chi connectivity index (χ1) is 12.7. The molecule has 1 fully saturated rings. The minimum Gasteiger partial charge on any atom is -0.379 e. The Kier molecular flexibility index (Phi) is 5.19. The quantitative estimate of drug-likeness (QED) is 0.675. The summed E-state index contributed by atoms with van der Waals surface area (Å²) in [6.07, 6.45) is 1.10. The van der Waals surface area contributed by atoms with E-state index in [0.29, 0.717) is 0 Å². The molecule has 4 heterocycles. The van der Waals surface area contributed by atoms with Crippen LogP contribution in [0, 0.1) is 13.8 Å². The molecule has 3 aromatic heterocycles. The molecule has 138 valence electrons. The minimum atomic E-state index is 0.857. The number of thiophene rings is 1. The van der Waals surface area contributed by atoms with Gasteiger partial charge in [0.25, 0.3) is 0 Å². The molecule has 0 atom stereocenters. The Hall–Kier alpha value is -1.96. The van der Waals surface area contributed by atoms with Gasteiger partial charge in [-0.1, -0.05) is 6.07 Å². The fraction of sp³-hybridized carbons (Fsp3) is 0.474. The molecule has 0 aliphatic carbocycles. The predicted octanol–water partition coefficient (Wildman–Crippen LogP) is 3.21. The van der Waals surface area contributed by atoms with Gasteiger partial charge in [0.1, 0.15) is 5.82 Å². The van der Waals surface area contributed by atoms with Gasteiger partial charge in [0.05, 0.1) is 24.5 Å². The Morgan fingerprint density at radius 1 is 1.27 bits per heavy atom. The van der Waals surface area contributed by atoms with Crippen LogP contribution in [0.3, 0.4) is 0 Å². The number of ether oxygens (including phenoxy) is 1. The first-order valence-corrected chi connectivity index (χ1v) is 10.0. The van der Waals surface area contributed by atoms with E-state index >= 15 is 0 Å². The van der Waals surface area contributed by atoms with Crippen molar-refractivity contribution in [3.63, 3.8) is 0 Å². The average molecular weight is 372 g/mol. The van der Waals surface area contributed by atoms with Gasteiger partial charge in [-0.25, -0.2) is 4.98 Å². The smallest absolute Gasteiger partial charge is 0.166 e. The molecule has 0 spiro atoms. The maximum Gasteiger partial charge on any atom is 0.166 e. The standard InChI is InChI=1S/C19H25N5OS/c1-14-13-17(20-6-4-7-23-8-10-25-11-9-23)24-19(21-14)18(15(2)22-24)16-5-3-12-26-16/h3,5,12-13,20H,4,6-11H2,1-2H3. The fourth-order valence-corrected chi connectivity index (χ4v) is 4.24. The van der Waals surface area contributed by atoms with E-state index in [9.17, 15) is 0 Å². The zero-order valence-electron chi connectivity index (χ0n) is 15.4. The molecule has 7 heteroatoms. The van der Waals surface area contributed by atoms with E-state index in [-0.39, 0.29) is 0 Å². The van der Waals surface area contributed by atoms with Crippen LogP contribution in [0.25, 0.3) is 16.1 Å². The van der Waals surface area contributed by atoms with Crippen LogP contribution in [0.2, 0.25) is 0 Å². The Bertz CT molecular complexity index is 868. The maximum absolute atomic E-state index is 5.41. The lowest BCUT2D eigenvalue weighted by Gasteiger charge is -2.26. The van der Waals surface area contributed by atoms with Crippen molar-refractivity contribution in [1.82, 2.24) is 19.5 Å². The van der Waals surface area contributed by atoms with E-state index in [0.717, 1.165) is 74.2 Å². The van der Waals surface area contributed by atoms with E-state index in [1.807, 2.05) is 11.4 Å². The van der Waals surface area contributed by atoms with E-state index in [4.69, 9.17) is 14.8 Å². The Balaban J connectivity index is 1.51. The number of fused-ring (bicyclic) bond motifs is 1. The maximum atomic E-state index is 5.41. The SMILES string of the molecule is Cc1cc(NCCCN2CCOCC2)n2nc(C)c(-c3cccs3)c2n1. The molecular formula is C19H25N5OS. The lowest BCUT2D eigenvalue weighted by Crippen LogP contribution is -2.37. The number of hydrogen-bond donors (Lipinski definition) is 1. The highest BCUT2D eigenvalue weighted by molar-refractivity contribution is 7.13. The van der Waals surface area contributed by atoms with Gasteiger partial charge in [0.15, 0.2) is 5.65 Å². The molecular weight excluding hydrogens is 346 g/mol. The third kappa shape index (κ3) is 3.60. The van der Waals surface area contributed by atoms with Crippen LogP contribution in [0.1, 0.15) is 17.8 Å². The second-order valence-corrected chi connectivity index (χ2v) is 7.64. The molecule has 4 rings (SSSR count).